The molecule has 0 aliphatic heterocycles. The van der Waals surface area contributed by atoms with Crippen molar-refractivity contribution in [2.75, 3.05) is 71.4 Å². The first-order valence-electron chi connectivity index (χ1n) is 12.7. The van der Waals surface area contributed by atoms with Crippen LogP contribution in [0, 0.1) is 0 Å². The highest BCUT2D eigenvalue weighted by atomic mass is 16.5. The van der Waals surface area contributed by atoms with E-state index in [-0.39, 0.29) is 25.6 Å². The monoisotopic (exact) mass is 533 g/mol. The normalized spacial score (nSPS) is 11.2. The fourth-order valence-electron chi connectivity index (χ4n) is 4.54. The summed E-state index contributed by atoms with van der Waals surface area (Å²) in [5.41, 5.74) is 7.49. The minimum Gasteiger partial charge on any atom is -0.383 e. The minimum absolute atomic E-state index is 0.212. The van der Waals surface area contributed by atoms with E-state index in [0.717, 1.165) is 16.3 Å². The fourth-order valence-corrected chi connectivity index (χ4v) is 4.54. The van der Waals surface area contributed by atoms with Gasteiger partial charge in [-0.25, -0.2) is 0 Å². The number of carbonyl (C=O) groups is 2. The van der Waals surface area contributed by atoms with Gasteiger partial charge in [-0.1, -0.05) is 42.5 Å². The molecule has 2 heterocycles. The number of nitrogens with one attached hydrogen (secondary N) is 1. The first-order chi connectivity index (χ1) is 18.8. The van der Waals surface area contributed by atoms with Gasteiger partial charge in [0.05, 0.1) is 31.7 Å². The second-order valence-electron chi connectivity index (χ2n) is 9.36. The van der Waals surface area contributed by atoms with Crippen molar-refractivity contribution in [3.8, 4) is 0 Å². The fraction of sp³-hybridized carbons (Fsp3) is 0.357. The Hall–Kier alpha value is -4.22. The molecule has 0 fully saturated rings. The van der Waals surface area contributed by atoms with Gasteiger partial charge in [-0.15, -0.1) is 0 Å². The largest absolute Gasteiger partial charge is 0.383 e. The van der Waals surface area contributed by atoms with Crippen LogP contribution in [0.5, 0.6) is 0 Å². The summed E-state index contributed by atoms with van der Waals surface area (Å²) in [4.78, 5) is 38.6. The lowest BCUT2D eigenvalue weighted by Crippen LogP contribution is -2.41. The minimum atomic E-state index is -0.602. The van der Waals surface area contributed by atoms with Gasteiger partial charge in [0.25, 0.3) is 5.91 Å². The molecule has 11 heteroatoms. The predicted molar refractivity (Wildman–Crippen MR) is 152 cm³/mol. The van der Waals surface area contributed by atoms with Crippen LogP contribution in [0.3, 0.4) is 0 Å². The third-order valence-corrected chi connectivity index (χ3v) is 6.37. The van der Waals surface area contributed by atoms with Gasteiger partial charge >= 0.3 is 0 Å². The Bertz CT molecular complexity index is 1460. The molecule has 39 heavy (non-hydrogen) atoms. The molecule has 0 atom stereocenters. The third-order valence-electron chi connectivity index (χ3n) is 6.37. The number of methoxy groups -OCH3 is 2. The molecule has 0 unspecified atom stereocenters. The summed E-state index contributed by atoms with van der Waals surface area (Å²) in [5, 5.41) is 6.10. The average molecular weight is 534 g/mol. The summed E-state index contributed by atoms with van der Waals surface area (Å²) < 4.78 is 12.2. The van der Waals surface area contributed by atoms with Crippen LogP contribution in [0.1, 0.15) is 16.1 Å². The molecule has 2 amide bonds. The Labute approximate surface area is 227 Å². The molecule has 4 rings (SSSR count). The van der Waals surface area contributed by atoms with Crippen molar-refractivity contribution in [3.05, 3.63) is 59.8 Å². The zero-order valence-corrected chi connectivity index (χ0v) is 22.8. The van der Waals surface area contributed by atoms with Crippen molar-refractivity contribution in [2.45, 2.75) is 6.54 Å². The molecule has 0 radical (unpaired) electrons. The summed E-state index contributed by atoms with van der Waals surface area (Å²) in [7, 11) is 6.96. The van der Waals surface area contributed by atoms with E-state index in [1.807, 2.05) is 47.8 Å². The molecule has 206 valence electrons. The lowest BCUT2D eigenvalue weighted by Gasteiger charge is -2.22. The number of benzene rings is 2. The summed E-state index contributed by atoms with van der Waals surface area (Å²) in [6.07, 6.45) is 0. The zero-order valence-electron chi connectivity index (χ0n) is 22.8. The van der Waals surface area contributed by atoms with Gasteiger partial charge in [0.2, 0.25) is 11.9 Å². The molecule has 2 aromatic carbocycles. The standard InChI is InChI=1S/C28H35N7O4/c1-33(2)25-22-16-23(27(37)34(13-15-39-4)18-24(29)36)35(26(22)32-28(31-25)30-12-14-38-3)17-20-10-7-9-19-8-5-6-11-21(19)20/h5-11,16H,12-15,17-18H2,1-4H3,(H2,29,36)(H,30,31,32). The van der Waals surface area contributed by atoms with Gasteiger partial charge in [-0.2, -0.15) is 9.97 Å². The summed E-state index contributed by atoms with van der Waals surface area (Å²) in [6.45, 7) is 1.63. The number of hydrogen-bond acceptors (Lipinski definition) is 8. The van der Waals surface area contributed by atoms with Crippen molar-refractivity contribution in [1.29, 1.82) is 0 Å². The van der Waals surface area contributed by atoms with E-state index >= 15 is 0 Å². The lowest BCUT2D eigenvalue weighted by atomic mass is 10.0. The maximum Gasteiger partial charge on any atom is 0.271 e. The van der Waals surface area contributed by atoms with E-state index in [2.05, 4.69) is 23.5 Å². The number of nitrogens with zero attached hydrogens (tertiary/aromatic N) is 5. The number of nitrogens with two attached hydrogens (primary N) is 1. The Morgan fingerprint density at radius 1 is 1.00 bits per heavy atom. The van der Waals surface area contributed by atoms with Gasteiger partial charge in [0.15, 0.2) is 0 Å². The second kappa shape index (κ2) is 12.5. The molecular formula is C28H35N7O4. The highest BCUT2D eigenvalue weighted by Gasteiger charge is 2.26. The molecule has 0 aliphatic rings. The summed E-state index contributed by atoms with van der Waals surface area (Å²) in [6, 6.07) is 16.0. The van der Waals surface area contributed by atoms with Crippen molar-refractivity contribution in [3.63, 3.8) is 0 Å². The van der Waals surface area contributed by atoms with Crippen molar-refractivity contribution in [1.82, 2.24) is 19.4 Å². The molecular weight excluding hydrogens is 498 g/mol. The van der Waals surface area contributed by atoms with E-state index in [1.54, 1.807) is 20.3 Å². The van der Waals surface area contributed by atoms with Gasteiger partial charge in [0.1, 0.15) is 17.2 Å². The van der Waals surface area contributed by atoms with Crippen LogP contribution in [0.25, 0.3) is 21.8 Å². The van der Waals surface area contributed by atoms with Crippen molar-refractivity contribution < 1.29 is 19.1 Å². The number of amides is 2. The zero-order chi connectivity index (χ0) is 27.9. The first kappa shape index (κ1) is 27.8. The molecule has 3 N–H and O–H groups in total. The number of aromatic nitrogens is 3. The molecule has 2 aromatic heterocycles. The van der Waals surface area contributed by atoms with Gasteiger partial charge in [-0.3, -0.25) is 9.59 Å². The number of carbonyl (C=O) groups excluding carboxylic acids is 2. The van der Waals surface area contributed by atoms with Crippen LogP contribution < -0.4 is 16.0 Å². The average Bonchev–Trinajstić information content (AvgIpc) is 3.28. The second-order valence-corrected chi connectivity index (χ2v) is 9.36. The molecule has 0 bridgehead atoms. The van der Waals surface area contributed by atoms with Crippen LogP contribution in [-0.2, 0) is 20.8 Å². The lowest BCUT2D eigenvalue weighted by molar-refractivity contribution is -0.118. The van der Waals surface area contributed by atoms with E-state index in [4.69, 9.17) is 25.2 Å². The number of primary amides is 1. The number of rotatable bonds is 13. The smallest absolute Gasteiger partial charge is 0.271 e. The third kappa shape index (κ3) is 6.27. The molecule has 11 nitrogen and oxygen atoms in total. The number of fused-ring (bicyclic) bond motifs is 2. The Morgan fingerprint density at radius 3 is 2.46 bits per heavy atom. The molecule has 4 aromatic rings. The number of ether oxygens (including phenoxy) is 2. The number of anilines is 2. The Morgan fingerprint density at radius 2 is 1.74 bits per heavy atom. The predicted octanol–water partition coefficient (Wildman–Crippen LogP) is 2.33. The van der Waals surface area contributed by atoms with Crippen LogP contribution in [-0.4, -0.2) is 92.4 Å². The van der Waals surface area contributed by atoms with E-state index in [0.29, 0.717) is 48.2 Å². The molecule has 0 saturated heterocycles. The van der Waals surface area contributed by atoms with Gasteiger partial charge < -0.3 is 34.9 Å². The Balaban J connectivity index is 1.92. The van der Waals surface area contributed by atoms with Crippen molar-refractivity contribution in [2.24, 2.45) is 5.73 Å². The van der Waals surface area contributed by atoms with Gasteiger partial charge in [-0.05, 0) is 22.4 Å². The van der Waals surface area contributed by atoms with E-state index in [1.165, 1.54) is 4.90 Å². The SMILES string of the molecule is COCCNc1nc(N(C)C)c2cc(C(=O)N(CCOC)CC(N)=O)n(Cc3cccc4ccccc34)c2n1. The van der Waals surface area contributed by atoms with Gasteiger partial charge in [0, 0.05) is 41.4 Å². The van der Waals surface area contributed by atoms with Crippen LogP contribution in [0.2, 0.25) is 0 Å². The quantitative estimate of drug-likeness (QED) is 0.251. The molecule has 0 aliphatic carbocycles. The van der Waals surface area contributed by atoms with Crippen LogP contribution >= 0.6 is 0 Å². The highest BCUT2D eigenvalue weighted by Crippen LogP contribution is 2.30. The maximum atomic E-state index is 14.0. The molecule has 0 saturated carbocycles. The number of hydrogen-bond donors (Lipinski definition) is 2. The summed E-state index contributed by atoms with van der Waals surface area (Å²) in [5.74, 6) is 0.133. The van der Waals surface area contributed by atoms with Crippen LogP contribution in [0.15, 0.2) is 48.5 Å². The summed E-state index contributed by atoms with van der Waals surface area (Å²) >= 11 is 0. The topological polar surface area (TPSA) is 128 Å². The first-order valence-corrected chi connectivity index (χ1v) is 12.7. The molecule has 0 spiro atoms. The van der Waals surface area contributed by atoms with Crippen molar-refractivity contribution >= 4 is 45.4 Å². The van der Waals surface area contributed by atoms with E-state index < -0.39 is 5.91 Å². The van der Waals surface area contributed by atoms with E-state index in [9.17, 15) is 9.59 Å². The van der Waals surface area contributed by atoms with Crippen LogP contribution in [0.4, 0.5) is 11.8 Å². The maximum absolute atomic E-state index is 14.0. The highest BCUT2D eigenvalue weighted by molar-refractivity contribution is 6.02. The Kier molecular flexibility index (Phi) is 8.95.